The molecule has 2 rings (SSSR count). The first-order valence-corrected chi connectivity index (χ1v) is 6.91. The van der Waals surface area contributed by atoms with Crippen molar-refractivity contribution in [2.75, 3.05) is 5.32 Å². The third-order valence-corrected chi connectivity index (χ3v) is 3.69. The summed E-state index contributed by atoms with van der Waals surface area (Å²) in [6.07, 6.45) is 2.42. The molecule has 1 heterocycles. The Morgan fingerprint density at radius 2 is 2.14 bits per heavy atom. The Morgan fingerprint density at radius 1 is 1.38 bits per heavy atom. The number of thiophene rings is 1. The van der Waals surface area contributed by atoms with Crippen molar-refractivity contribution in [1.82, 2.24) is 0 Å². The van der Waals surface area contributed by atoms with Gasteiger partial charge in [0.05, 0.1) is 5.56 Å². The number of carbonyl (C=O) groups is 2. The lowest BCUT2D eigenvalue weighted by molar-refractivity contribution is -0.131. The second-order valence-electron chi connectivity index (χ2n) is 4.28. The molecule has 21 heavy (non-hydrogen) atoms. The predicted octanol–water partition coefficient (Wildman–Crippen LogP) is 3.55. The number of carbonyl (C=O) groups excluding carboxylic acids is 1. The molecule has 2 aromatic rings. The highest BCUT2D eigenvalue weighted by molar-refractivity contribution is 7.11. The van der Waals surface area contributed by atoms with E-state index in [0.29, 0.717) is 21.7 Å². The number of hydrogen-bond donors (Lipinski definition) is 2. The number of nitrogens with one attached hydrogen (secondary N) is 1. The molecule has 6 heteroatoms. The van der Waals surface area contributed by atoms with E-state index in [1.54, 1.807) is 24.4 Å². The van der Waals surface area contributed by atoms with E-state index in [4.69, 9.17) is 5.11 Å². The number of carboxylic acid groups (broad SMARTS) is 1. The number of hydrogen-bond acceptors (Lipinski definition) is 3. The second kappa shape index (κ2) is 6.32. The van der Waals surface area contributed by atoms with E-state index in [-0.39, 0.29) is 11.7 Å². The van der Waals surface area contributed by atoms with Gasteiger partial charge in [-0.2, -0.15) is 0 Å². The van der Waals surface area contributed by atoms with Gasteiger partial charge in [0.25, 0.3) is 5.91 Å². The Balaban J connectivity index is 2.14. The molecule has 1 aromatic carbocycles. The first-order valence-electron chi connectivity index (χ1n) is 6.03. The molecule has 0 spiro atoms. The molecule has 1 aromatic heterocycles. The highest BCUT2D eigenvalue weighted by Crippen LogP contribution is 2.21. The van der Waals surface area contributed by atoms with Gasteiger partial charge in [-0.1, -0.05) is 6.07 Å². The summed E-state index contributed by atoms with van der Waals surface area (Å²) >= 11 is 1.25. The van der Waals surface area contributed by atoms with Gasteiger partial charge in [0, 0.05) is 27.6 Å². The van der Waals surface area contributed by atoms with Crippen molar-refractivity contribution in [3.8, 4) is 0 Å². The lowest BCUT2D eigenvalue weighted by Gasteiger charge is -2.07. The molecule has 0 aliphatic heterocycles. The minimum Gasteiger partial charge on any atom is -0.478 e. The highest BCUT2D eigenvalue weighted by atomic mass is 32.1. The summed E-state index contributed by atoms with van der Waals surface area (Å²) in [5.74, 6) is -1.80. The fourth-order valence-electron chi connectivity index (χ4n) is 1.65. The van der Waals surface area contributed by atoms with Crippen LogP contribution >= 0.6 is 11.3 Å². The molecule has 0 saturated heterocycles. The molecule has 4 nitrogen and oxygen atoms in total. The summed E-state index contributed by atoms with van der Waals surface area (Å²) < 4.78 is 13.4. The van der Waals surface area contributed by atoms with Gasteiger partial charge in [0.15, 0.2) is 0 Å². The molecule has 0 aliphatic rings. The minimum atomic E-state index is -1.05. The van der Waals surface area contributed by atoms with Gasteiger partial charge in [-0.05, 0) is 31.2 Å². The zero-order valence-corrected chi connectivity index (χ0v) is 11.9. The van der Waals surface area contributed by atoms with E-state index < -0.39 is 5.97 Å². The summed E-state index contributed by atoms with van der Waals surface area (Å²) in [5, 5.41) is 12.8. The number of carboxylic acids is 1. The zero-order chi connectivity index (χ0) is 15.4. The molecular weight excluding hydrogens is 293 g/mol. The van der Waals surface area contributed by atoms with Crippen LogP contribution in [0.15, 0.2) is 35.7 Å². The third-order valence-electron chi connectivity index (χ3n) is 2.79. The molecule has 0 fully saturated rings. The van der Waals surface area contributed by atoms with Crippen LogP contribution in [-0.2, 0) is 4.79 Å². The summed E-state index contributed by atoms with van der Waals surface area (Å²) in [7, 11) is 0. The Hall–Kier alpha value is -2.47. The SMILES string of the molecule is Cc1c(F)cccc1NC(=O)c1csc(C=CC(=O)O)c1. The molecule has 0 bridgehead atoms. The molecule has 0 aliphatic carbocycles. The average Bonchev–Trinajstić information content (AvgIpc) is 2.90. The first-order chi connectivity index (χ1) is 9.97. The monoisotopic (exact) mass is 305 g/mol. The number of halogens is 1. The molecule has 0 saturated carbocycles. The van der Waals surface area contributed by atoms with Crippen molar-refractivity contribution in [2.45, 2.75) is 6.92 Å². The molecule has 108 valence electrons. The van der Waals surface area contributed by atoms with Crippen molar-refractivity contribution in [2.24, 2.45) is 0 Å². The fraction of sp³-hybridized carbons (Fsp3) is 0.0667. The lowest BCUT2D eigenvalue weighted by Crippen LogP contribution is -2.12. The smallest absolute Gasteiger partial charge is 0.328 e. The zero-order valence-electron chi connectivity index (χ0n) is 11.1. The Labute approximate surface area is 124 Å². The lowest BCUT2D eigenvalue weighted by atomic mass is 10.2. The van der Waals surface area contributed by atoms with Crippen molar-refractivity contribution in [3.05, 3.63) is 57.5 Å². The maximum absolute atomic E-state index is 13.4. The topological polar surface area (TPSA) is 66.4 Å². The minimum absolute atomic E-state index is 0.366. The summed E-state index contributed by atoms with van der Waals surface area (Å²) in [6.45, 7) is 1.58. The predicted molar refractivity (Wildman–Crippen MR) is 80.1 cm³/mol. The van der Waals surface area contributed by atoms with Crippen molar-refractivity contribution < 1.29 is 19.1 Å². The Morgan fingerprint density at radius 3 is 2.86 bits per heavy atom. The Kier molecular flexibility index (Phi) is 4.49. The van der Waals surface area contributed by atoms with Gasteiger partial charge in [-0.25, -0.2) is 9.18 Å². The normalized spacial score (nSPS) is 10.8. The van der Waals surface area contributed by atoms with Gasteiger partial charge in [0.2, 0.25) is 0 Å². The number of amides is 1. The van der Waals surface area contributed by atoms with Crippen LogP contribution in [0.3, 0.4) is 0 Å². The maximum Gasteiger partial charge on any atom is 0.328 e. The molecular formula is C15H12FNO3S. The molecule has 0 unspecified atom stereocenters. The average molecular weight is 305 g/mol. The van der Waals surface area contributed by atoms with Gasteiger partial charge < -0.3 is 10.4 Å². The molecule has 0 radical (unpaired) electrons. The van der Waals surface area contributed by atoms with E-state index in [9.17, 15) is 14.0 Å². The first kappa shape index (κ1) is 14.9. The van der Waals surface area contributed by atoms with E-state index in [1.165, 1.54) is 29.5 Å². The van der Waals surface area contributed by atoms with Crippen LogP contribution in [0.1, 0.15) is 20.8 Å². The summed E-state index contributed by atoms with van der Waals surface area (Å²) in [4.78, 5) is 23.1. The number of benzene rings is 1. The van der Waals surface area contributed by atoms with Crippen LogP contribution in [0.4, 0.5) is 10.1 Å². The van der Waals surface area contributed by atoms with E-state index in [0.717, 1.165) is 6.08 Å². The highest BCUT2D eigenvalue weighted by Gasteiger charge is 2.11. The van der Waals surface area contributed by atoms with Crippen LogP contribution in [-0.4, -0.2) is 17.0 Å². The van der Waals surface area contributed by atoms with Crippen LogP contribution < -0.4 is 5.32 Å². The fourth-order valence-corrected chi connectivity index (χ4v) is 2.43. The number of anilines is 1. The second-order valence-corrected chi connectivity index (χ2v) is 5.22. The van der Waals surface area contributed by atoms with Gasteiger partial charge in [-0.15, -0.1) is 11.3 Å². The number of aliphatic carboxylic acids is 1. The summed E-state index contributed by atoms with van der Waals surface area (Å²) in [6, 6.07) is 6.04. The van der Waals surface area contributed by atoms with E-state index in [2.05, 4.69) is 5.32 Å². The van der Waals surface area contributed by atoms with Crippen LogP contribution in [0.5, 0.6) is 0 Å². The largest absolute Gasteiger partial charge is 0.478 e. The quantitative estimate of drug-likeness (QED) is 0.849. The van der Waals surface area contributed by atoms with E-state index >= 15 is 0 Å². The summed E-state index contributed by atoms with van der Waals surface area (Å²) in [5.41, 5.74) is 1.18. The third kappa shape index (κ3) is 3.76. The standard InChI is InChI=1S/C15H12FNO3S/c1-9-12(16)3-2-4-13(9)17-15(20)10-7-11(21-8-10)5-6-14(18)19/h2-8H,1H3,(H,17,20)(H,18,19). The molecule has 1 amide bonds. The van der Waals surface area contributed by atoms with Gasteiger partial charge in [0.1, 0.15) is 5.82 Å². The van der Waals surface area contributed by atoms with Crippen molar-refractivity contribution in [3.63, 3.8) is 0 Å². The van der Waals surface area contributed by atoms with Crippen LogP contribution in [0, 0.1) is 12.7 Å². The Bertz CT molecular complexity index is 721. The van der Waals surface area contributed by atoms with Gasteiger partial charge in [-0.3, -0.25) is 4.79 Å². The van der Waals surface area contributed by atoms with Crippen molar-refractivity contribution in [1.29, 1.82) is 0 Å². The van der Waals surface area contributed by atoms with E-state index in [1.807, 2.05) is 0 Å². The van der Waals surface area contributed by atoms with Crippen LogP contribution in [0.2, 0.25) is 0 Å². The van der Waals surface area contributed by atoms with Gasteiger partial charge >= 0.3 is 5.97 Å². The van der Waals surface area contributed by atoms with Crippen LogP contribution in [0.25, 0.3) is 6.08 Å². The molecule has 0 atom stereocenters. The number of rotatable bonds is 4. The molecule has 2 N–H and O–H groups in total. The maximum atomic E-state index is 13.4. The van der Waals surface area contributed by atoms with Crippen molar-refractivity contribution >= 4 is 35.0 Å².